The first-order valence-electron chi connectivity index (χ1n) is 8.68. The zero-order chi connectivity index (χ0) is 18.4. The van der Waals surface area contributed by atoms with E-state index in [1.54, 1.807) is 16.2 Å². The Labute approximate surface area is 156 Å². The van der Waals surface area contributed by atoms with Crippen LogP contribution >= 0.6 is 11.3 Å². The zero-order valence-electron chi connectivity index (χ0n) is 14.5. The summed E-state index contributed by atoms with van der Waals surface area (Å²) in [6.07, 6.45) is 0.811. The average Bonchev–Trinajstić information content (AvgIpc) is 3.06. The molecule has 7 heteroatoms. The Kier molecular flexibility index (Phi) is 6.35. The van der Waals surface area contributed by atoms with Gasteiger partial charge in [0.2, 0.25) is 5.91 Å². The van der Waals surface area contributed by atoms with Crippen molar-refractivity contribution < 1.29 is 14.0 Å². The van der Waals surface area contributed by atoms with Gasteiger partial charge in [-0.3, -0.25) is 14.5 Å². The van der Waals surface area contributed by atoms with Crippen LogP contribution in [0, 0.1) is 5.82 Å². The zero-order valence-corrected chi connectivity index (χ0v) is 15.3. The molecule has 1 fully saturated rings. The molecule has 0 unspecified atom stereocenters. The van der Waals surface area contributed by atoms with E-state index in [1.165, 1.54) is 24.3 Å². The SMILES string of the molecule is O=C(CN1CCCN(C(=O)c2ccc(F)cc2)CC1)NCc1cccs1. The van der Waals surface area contributed by atoms with Gasteiger partial charge in [-0.2, -0.15) is 0 Å². The largest absolute Gasteiger partial charge is 0.350 e. The molecule has 1 N–H and O–H groups in total. The van der Waals surface area contributed by atoms with E-state index in [0.29, 0.717) is 38.3 Å². The molecule has 1 aliphatic heterocycles. The molecular weight excluding hydrogens is 353 g/mol. The van der Waals surface area contributed by atoms with Crippen LogP contribution in [0.5, 0.6) is 0 Å². The third kappa shape index (κ3) is 5.12. The van der Waals surface area contributed by atoms with Gasteiger partial charge < -0.3 is 10.2 Å². The molecule has 0 saturated carbocycles. The number of nitrogens with one attached hydrogen (secondary N) is 1. The molecule has 3 rings (SSSR count). The normalized spacial score (nSPS) is 15.5. The molecule has 138 valence electrons. The van der Waals surface area contributed by atoms with Crippen LogP contribution in [-0.4, -0.2) is 54.3 Å². The highest BCUT2D eigenvalue weighted by Crippen LogP contribution is 2.11. The van der Waals surface area contributed by atoms with Gasteiger partial charge in [-0.15, -0.1) is 11.3 Å². The summed E-state index contributed by atoms with van der Waals surface area (Å²) in [4.78, 5) is 29.6. The third-order valence-corrected chi connectivity index (χ3v) is 5.25. The van der Waals surface area contributed by atoms with Crippen LogP contribution in [-0.2, 0) is 11.3 Å². The highest BCUT2D eigenvalue weighted by molar-refractivity contribution is 7.09. The van der Waals surface area contributed by atoms with Crippen molar-refractivity contribution in [2.45, 2.75) is 13.0 Å². The Morgan fingerprint density at radius 2 is 1.88 bits per heavy atom. The van der Waals surface area contributed by atoms with Gasteiger partial charge in [0, 0.05) is 36.6 Å². The number of rotatable bonds is 5. The monoisotopic (exact) mass is 375 g/mol. The van der Waals surface area contributed by atoms with Crippen molar-refractivity contribution in [1.82, 2.24) is 15.1 Å². The summed E-state index contributed by atoms with van der Waals surface area (Å²) in [6.45, 7) is 3.53. The van der Waals surface area contributed by atoms with Crippen LogP contribution in [0.2, 0.25) is 0 Å². The third-order valence-electron chi connectivity index (χ3n) is 4.37. The van der Waals surface area contributed by atoms with Crippen molar-refractivity contribution >= 4 is 23.2 Å². The number of benzene rings is 1. The van der Waals surface area contributed by atoms with E-state index in [9.17, 15) is 14.0 Å². The second kappa shape index (κ2) is 8.91. The molecular formula is C19H22FN3O2S. The van der Waals surface area contributed by atoms with E-state index in [-0.39, 0.29) is 17.6 Å². The predicted octanol–water partition coefficient (Wildman–Crippen LogP) is 2.35. The van der Waals surface area contributed by atoms with Crippen LogP contribution in [0.15, 0.2) is 41.8 Å². The maximum atomic E-state index is 13.0. The first-order chi connectivity index (χ1) is 12.6. The van der Waals surface area contributed by atoms with Crippen LogP contribution in [0.25, 0.3) is 0 Å². The van der Waals surface area contributed by atoms with Gasteiger partial charge in [0.15, 0.2) is 0 Å². The van der Waals surface area contributed by atoms with Gasteiger partial charge >= 0.3 is 0 Å². The minimum atomic E-state index is -0.350. The summed E-state index contributed by atoms with van der Waals surface area (Å²) >= 11 is 1.62. The Morgan fingerprint density at radius 3 is 2.62 bits per heavy atom. The number of nitrogens with zero attached hydrogens (tertiary/aromatic N) is 2. The smallest absolute Gasteiger partial charge is 0.253 e. The summed E-state index contributed by atoms with van der Waals surface area (Å²) in [5.74, 6) is -0.442. The van der Waals surface area contributed by atoms with Crippen molar-refractivity contribution in [3.05, 3.63) is 58.0 Å². The molecule has 5 nitrogen and oxygen atoms in total. The first kappa shape index (κ1) is 18.5. The van der Waals surface area contributed by atoms with Gasteiger partial charge in [-0.1, -0.05) is 6.07 Å². The molecule has 1 aliphatic rings. The fourth-order valence-electron chi connectivity index (χ4n) is 2.97. The lowest BCUT2D eigenvalue weighted by molar-refractivity contribution is -0.122. The average molecular weight is 375 g/mol. The predicted molar refractivity (Wildman–Crippen MR) is 99.5 cm³/mol. The Balaban J connectivity index is 1.47. The Morgan fingerprint density at radius 1 is 1.08 bits per heavy atom. The standard InChI is InChI=1S/C19H22FN3O2S/c20-16-6-4-15(5-7-16)19(25)23-9-2-8-22(10-11-23)14-18(24)21-13-17-3-1-12-26-17/h1,3-7,12H,2,8-11,13-14H2,(H,21,24). The number of amides is 2. The minimum absolute atomic E-state index is 0.00305. The van der Waals surface area contributed by atoms with E-state index >= 15 is 0 Å². The highest BCUT2D eigenvalue weighted by Gasteiger charge is 2.21. The van der Waals surface area contributed by atoms with E-state index in [2.05, 4.69) is 10.2 Å². The number of hydrogen-bond acceptors (Lipinski definition) is 4. The fourth-order valence-corrected chi connectivity index (χ4v) is 3.61. The van der Waals surface area contributed by atoms with E-state index in [4.69, 9.17) is 0 Å². The van der Waals surface area contributed by atoms with Gasteiger partial charge in [-0.25, -0.2) is 4.39 Å². The number of carbonyl (C=O) groups is 2. The Bertz CT molecular complexity index is 734. The molecule has 0 spiro atoms. The summed E-state index contributed by atoms with van der Waals surface area (Å²) in [7, 11) is 0. The maximum absolute atomic E-state index is 13.0. The summed E-state index contributed by atoms with van der Waals surface area (Å²) < 4.78 is 13.0. The molecule has 1 aromatic carbocycles. The second-order valence-corrected chi connectivity index (χ2v) is 7.32. The van der Waals surface area contributed by atoms with Crippen molar-refractivity contribution in [3.8, 4) is 0 Å². The van der Waals surface area contributed by atoms with Gasteiger partial charge in [0.25, 0.3) is 5.91 Å². The number of halogens is 1. The summed E-state index contributed by atoms with van der Waals surface area (Å²) in [5.41, 5.74) is 0.494. The molecule has 0 bridgehead atoms. The van der Waals surface area contributed by atoms with Crippen LogP contribution in [0.4, 0.5) is 4.39 Å². The van der Waals surface area contributed by atoms with Gasteiger partial charge in [0.05, 0.1) is 13.1 Å². The molecule has 26 heavy (non-hydrogen) atoms. The van der Waals surface area contributed by atoms with E-state index < -0.39 is 0 Å². The van der Waals surface area contributed by atoms with Crippen molar-refractivity contribution in [2.24, 2.45) is 0 Å². The molecule has 2 amide bonds. The number of carbonyl (C=O) groups excluding carboxylic acids is 2. The number of thiophene rings is 1. The lowest BCUT2D eigenvalue weighted by Crippen LogP contribution is -2.39. The first-order valence-corrected chi connectivity index (χ1v) is 9.56. The molecule has 0 aliphatic carbocycles. The topological polar surface area (TPSA) is 52.7 Å². The van der Waals surface area contributed by atoms with E-state index in [1.807, 2.05) is 17.5 Å². The quantitative estimate of drug-likeness (QED) is 0.873. The summed E-state index contributed by atoms with van der Waals surface area (Å²) in [6, 6.07) is 9.59. The minimum Gasteiger partial charge on any atom is -0.350 e. The Hall–Kier alpha value is -2.25. The highest BCUT2D eigenvalue weighted by atomic mass is 32.1. The van der Waals surface area contributed by atoms with Crippen molar-refractivity contribution in [3.63, 3.8) is 0 Å². The van der Waals surface area contributed by atoms with Crippen LogP contribution in [0.3, 0.4) is 0 Å². The second-order valence-electron chi connectivity index (χ2n) is 6.28. The molecule has 0 atom stereocenters. The lowest BCUT2D eigenvalue weighted by Gasteiger charge is -2.21. The number of hydrogen-bond donors (Lipinski definition) is 1. The molecule has 1 aromatic heterocycles. The fraction of sp³-hybridized carbons (Fsp3) is 0.368. The van der Waals surface area contributed by atoms with E-state index in [0.717, 1.165) is 17.8 Å². The van der Waals surface area contributed by atoms with Gasteiger partial charge in [-0.05, 0) is 42.1 Å². The van der Waals surface area contributed by atoms with Crippen molar-refractivity contribution in [2.75, 3.05) is 32.7 Å². The molecule has 2 heterocycles. The summed E-state index contributed by atoms with van der Waals surface area (Å²) in [5, 5.41) is 4.92. The molecule has 1 saturated heterocycles. The van der Waals surface area contributed by atoms with Crippen LogP contribution < -0.4 is 5.32 Å². The maximum Gasteiger partial charge on any atom is 0.253 e. The molecule has 2 aromatic rings. The van der Waals surface area contributed by atoms with Crippen molar-refractivity contribution in [1.29, 1.82) is 0 Å². The lowest BCUT2D eigenvalue weighted by atomic mass is 10.2. The van der Waals surface area contributed by atoms with Crippen LogP contribution in [0.1, 0.15) is 21.7 Å². The van der Waals surface area contributed by atoms with Gasteiger partial charge in [0.1, 0.15) is 5.82 Å². The molecule has 0 radical (unpaired) electrons.